The number of rotatable bonds is 2. The van der Waals surface area contributed by atoms with Gasteiger partial charge in [-0.1, -0.05) is 0 Å². The Morgan fingerprint density at radius 1 is 1.48 bits per heavy atom. The number of carbonyl (C=O) groups excluding carboxylic acids is 2. The Hall–Kier alpha value is -2.57. The van der Waals surface area contributed by atoms with E-state index in [-0.39, 0.29) is 11.8 Å². The summed E-state index contributed by atoms with van der Waals surface area (Å²) in [4.78, 5) is 30.2. The highest BCUT2D eigenvalue weighted by molar-refractivity contribution is 5.93. The van der Waals surface area contributed by atoms with Crippen LogP contribution in [0.4, 0.5) is 0 Å². The molecule has 0 fully saturated rings. The molecule has 0 aromatic carbocycles. The molecule has 2 aromatic heterocycles. The number of imidazole rings is 1. The fraction of sp³-hybridized carbons (Fsp3) is 0.357. The van der Waals surface area contributed by atoms with Crippen LogP contribution in [0, 0.1) is 6.92 Å². The van der Waals surface area contributed by atoms with E-state index in [4.69, 9.17) is 4.42 Å². The molecule has 1 atom stereocenters. The van der Waals surface area contributed by atoms with Gasteiger partial charge in [-0.15, -0.1) is 0 Å². The molecule has 2 amide bonds. The molecule has 0 saturated heterocycles. The second kappa shape index (κ2) is 5.08. The molecular weight excluding hydrogens is 272 g/mol. The summed E-state index contributed by atoms with van der Waals surface area (Å²) in [6, 6.07) is 1.28. The molecule has 21 heavy (non-hydrogen) atoms. The van der Waals surface area contributed by atoms with Crippen LogP contribution in [-0.4, -0.2) is 39.9 Å². The average Bonchev–Trinajstić information content (AvgIpc) is 3.12. The van der Waals surface area contributed by atoms with Crippen LogP contribution in [-0.2, 0) is 11.3 Å². The van der Waals surface area contributed by atoms with Crippen molar-refractivity contribution in [2.45, 2.75) is 19.5 Å². The molecule has 0 saturated carbocycles. The molecule has 7 nitrogen and oxygen atoms in total. The van der Waals surface area contributed by atoms with E-state index in [1.807, 2.05) is 6.92 Å². The molecule has 3 rings (SSSR count). The summed E-state index contributed by atoms with van der Waals surface area (Å²) in [5.74, 6) is -0.0413. The van der Waals surface area contributed by atoms with E-state index in [9.17, 15) is 9.59 Å². The number of aryl methyl sites for hydroxylation is 1. The van der Waals surface area contributed by atoms with Gasteiger partial charge >= 0.3 is 0 Å². The summed E-state index contributed by atoms with van der Waals surface area (Å²) in [6.45, 7) is 2.52. The van der Waals surface area contributed by atoms with Gasteiger partial charge in [-0.05, 0) is 13.0 Å². The second-order valence-corrected chi connectivity index (χ2v) is 5.04. The molecule has 110 valence electrons. The summed E-state index contributed by atoms with van der Waals surface area (Å²) in [6.07, 6.45) is 4.78. The quantitative estimate of drug-likeness (QED) is 0.883. The number of furan rings is 1. The maximum Gasteiger partial charge on any atom is 0.290 e. The average molecular weight is 288 g/mol. The van der Waals surface area contributed by atoms with Gasteiger partial charge in [0.2, 0.25) is 5.91 Å². The molecule has 0 bridgehead atoms. The van der Waals surface area contributed by atoms with Crippen molar-refractivity contribution in [3.8, 4) is 0 Å². The van der Waals surface area contributed by atoms with E-state index in [2.05, 4.69) is 10.3 Å². The zero-order valence-corrected chi connectivity index (χ0v) is 11.9. The highest BCUT2D eigenvalue weighted by Crippen LogP contribution is 2.23. The van der Waals surface area contributed by atoms with Crippen LogP contribution in [0.2, 0.25) is 0 Å². The standard InChI is InChI=1S/C14H16N4O3/c1-9-3-4-21-12(9)14(20)17-6-10-5-16-8-18(10)11(7-17)13(19)15-2/h3-5,8,11H,6-7H2,1-2H3,(H,15,19). The number of hydrogen-bond donors (Lipinski definition) is 1. The number of aromatic nitrogens is 2. The molecule has 3 heterocycles. The summed E-state index contributed by atoms with van der Waals surface area (Å²) in [5, 5.41) is 2.62. The van der Waals surface area contributed by atoms with Gasteiger partial charge in [0.15, 0.2) is 5.76 Å². The number of hydrogen-bond acceptors (Lipinski definition) is 4. The number of likely N-dealkylation sites (N-methyl/N-ethyl adjacent to an activating group) is 1. The van der Waals surface area contributed by atoms with Crippen LogP contribution in [0.25, 0.3) is 0 Å². The molecule has 0 radical (unpaired) electrons. The van der Waals surface area contributed by atoms with Crippen molar-refractivity contribution in [1.82, 2.24) is 19.8 Å². The topological polar surface area (TPSA) is 80.4 Å². The highest BCUT2D eigenvalue weighted by atomic mass is 16.3. The lowest BCUT2D eigenvalue weighted by atomic mass is 10.1. The SMILES string of the molecule is CNC(=O)C1CN(C(=O)c2occc2C)Cc2cncn21. The molecule has 1 aliphatic heterocycles. The maximum atomic E-state index is 12.5. The summed E-state index contributed by atoms with van der Waals surface area (Å²) >= 11 is 0. The lowest BCUT2D eigenvalue weighted by molar-refractivity contribution is -0.124. The van der Waals surface area contributed by atoms with Crippen LogP contribution in [0.5, 0.6) is 0 Å². The lowest BCUT2D eigenvalue weighted by Crippen LogP contribution is -2.45. The fourth-order valence-electron chi connectivity index (χ4n) is 2.56. The van der Waals surface area contributed by atoms with Crippen molar-refractivity contribution in [3.63, 3.8) is 0 Å². The molecule has 1 N–H and O–H groups in total. The third-order valence-corrected chi connectivity index (χ3v) is 3.72. The molecular formula is C14H16N4O3. The van der Waals surface area contributed by atoms with Gasteiger partial charge in [0.1, 0.15) is 6.04 Å². The summed E-state index contributed by atoms with van der Waals surface area (Å²) in [7, 11) is 1.58. The van der Waals surface area contributed by atoms with Gasteiger partial charge in [0.25, 0.3) is 5.91 Å². The predicted molar refractivity (Wildman–Crippen MR) is 73.5 cm³/mol. The van der Waals surface area contributed by atoms with Crippen LogP contribution in [0.15, 0.2) is 29.3 Å². The van der Waals surface area contributed by atoms with Gasteiger partial charge in [-0.2, -0.15) is 0 Å². The molecule has 1 aliphatic rings. The summed E-state index contributed by atoms with van der Waals surface area (Å²) < 4.78 is 7.06. The first-order valence-electron chi connectivity index (χ1n) is 6.67. The Morgan fingerprint density at radius 3 is 2.95 bits per heavy atom. The van der Waals surface area contributed by atoms with E-state index >= 15 is 0 Å². The Labute approximate surface area is 121 Å². The zero-order chi connectivity index (χ0) is 15.0. The van der Waals surface area contributed by atoms with E-state index in [1.165, 1.54) is 6.26 Å². The third-order valence-electron chi connectivity index (χ3n) is 3.72. The highest BCUT2D eigenvalue weighted by Gasteiger charge is 2.33. The Balaban J connectivity index is 1.91. The van der Waals surface area contributed by atoms with E-state index < -0.39 is 6.04 Å². The molecule has 2 aromatic rings. The van der Waals surface area contributed by atoms with Crippen molar-refractivity contribution in [1.29, 1.82) is 0 Å². The Kier molecular flexibility index (Phi) is 3.25. The van der Waals surface area contributed by atoms with Crippen LogP contribution in [0.3, 0.4) is 0 Å². The van der Waals surface area contributed by atoms with Gasteiger partial charge < -0.3 is 19.2 Å². The first-order valence-corrected chi connectivity index (χ1v) is 6.67. The maximum absolute atomic E-state index is 12.5. The van der Waals surface area contributed by atoms with Crippen molar-refractivity contribution in [2.75, 3.05) is 13.6 Å². The fourth-order valence-corrected chi connectivity index (χ4v) is 2.56. The van der Waals surface area contributed by atoms with E-state index in [1.54, 1.807) is 35.1 Å². The Morgan fingerprint density at radius 2 is 2.29 bits per heavy atom. The van der Waals surface area contributed by atoms with Crippen molar-refractivity contribution < 1.29 is 14.0 Å². The lowest BCUT2D eigenvalue weighted by Gasteiger charge is -2.33. The minimum atomic E-state index is -0.472. The van der Waals surface area contributed by atoms with E-state index in [0.717, 1.165) is 11.3 Å². The summed E-state index contributed by atoms with van der Waals surface area (Å²) in [5.41, 5.74) is 1.61. The van der Waals surface area contributed by atoms with Gasteiger partial charge in [-0.3, -0.25) is 9.59 Å². The first-order chi connectivity index (χ1) is 10.1. The van der Waals surface area contributed by atoms with Gasteiger partial charge in [0.05, 0.1) is 31.4 Å². The molecule has 1 unspecified atom stereocenters. The van der Waals surface area contributed by atoms with E-state index in [0.29, 0.717) is 18.8 Å². The van der Waals surface area contributed by atoms with Crippen LogP contribution < -0.4 is 5.32 Å². The second-order valence-electron chi connectivity index (χ2n) is 5.04. The van der Waals surface area contributed by atoms with Gasteiger partial charge in [-0.25, -0.2) is 4.98 Å². The molecule has 7 heteroatoms. The minimum Gasteiger partial charge on any atom is -0.459 e. The number of nitrogens with one attached hydrogen (secondary N) is 1. The molecule has 0 aliphatic carbocycles. The normalized spacial score (nSPS) is 17.4. The van der Waals surface area contributed by atoms with Crippen molar-refractivity contribution in [3.05, 3.63) is 41.9 Å². The monoisotopic (exact) mass is 288 g/mol. The predicted octanol–water partition coefficient (Wildman–Crippen LogP) is 0.728. The number of nitrogens with zero attached hydrogens (tertiary/aromatic N) is 3. The molecule has 0 spiro atoms. The van der Waals surface area contributed by atoms with Gasteiger partial charge in [0, 0.05) is 18.8 Å². The van der Waals surface area contributed by atoms with Crippen molar-refractivity contribution in [2.24, 2.45) is 0 Å². The minimum absolute atomic E-state index is 0.150. The van der Waals surface area contributed by atoms with Crippen molar-refractivity contribution >= 4 is 11.8 Å². The number of fused-ring (bicyclic) bond motifs is 1. The Bertz CT molecular complexity index is 688. The van der Waals surface area contributed by atoms with Crippen LogP contribution in [0.1, 0.15) is 27.9 Å². The number of amides is 2. The largest absolute Gasteiger partial charge is 0.459 e. The zero-order valence-electron chi connectivity index (χ0n) is 11.9. The number of carbonyl (C=O) groups is 2. The third kappa shape index (κ3) is 2.20. The van der Waals surface area contributed by atoms with Crippen LogP contribution >= 0.6 is 0 Å². The first kappa shape index (κ1) is 13.4. The smallest absolute Gasteiger partial charge is 0.290 e.